The molecule has 1 saturated carbocycles. The minimum absolute atomic E-state index is 0.0483. The number of alkyl halides is 3. The van der Waals surface area contributed by atoms with E-state index in [1.54, 1.807) is 0 Å². The van der Waals surface area contributed by atoms with Crippen molar-refractivity contribution in [2.24, 2.45) is 0 Å². The van der Waals surface area contributed by atoms with E-state index in [4.69, 9.17) is 16.3 Å². The first kappa shape index (κ1) is 22.1. The van der Waals surface area contributed by atoms with Crippen molar-refractivity contribution in [3.63, 3.8) is 0 Å². The molecule has 0 aromatic carbocycles. The molecule has 1 amide bonds. The molecule has 0 bridgehead atoms. The smallest absolute Gasteiger partial charge is 0.468 e. The summed E-state index contributed by atoms with van der Waals surface area (Å²) in [4.78, 5) is 15.9. The van der Waals surface area contributed by atoms with Crippen LogP contribution in [0.1, 0.15) is 30.3 Å². The fourth-order valence-corrected chi connectivity index (χ4v) is 3.96. The topological polar surface area (TPSA) is 97.8 Å². The first-order chi connectivity index (χ1) is 12.5. The fourth-order valence-electron chi connectivity index (χ4n) is 1.93. The lowest BCUT2D eigenvalue weighted by Gasteiger charge is -2.27. The van der Waals surface area contributed by atoms with E-state index in [-0.39, 0.29) is 25.6 Å². The highest BCUT2D eigenvalue weighted by molar-refractivity contribution is 7.90. The Morgan fingerprint density at radius 1 is 1.48 bits per heavy atom. The molecule has 0 saturated heterocycles. The molecule has 0 radical (unpaired) electrons. The van der Waals surface area contributed by atoms with Gasteiger partial charge in [0.15, 0.2) is 5.69 Å². The van der Waals surface area contributed by atoms with E-state index < -0.39 is 40.8 Å². The zero-order valence-corrected chi connectivity index (χ0v) is 16.6. The summed E-state index contributed by atoms with van der Waals surface area (Å²) in [7, 11) is -4.54. The average molecular weight is 452 g/mol. The summed E-state index contributed by atoms with van der Waals surface area (Å²) in [5.41, 5.74) is -5.52. The Morgan fingerprint density at radius 3 is 2.63 bits per heavy atom. The van der Waals surface area contributed by atoms with Gasteiger partial charge in [0.05, 0.1) is 6.04 Å². The molecule has 1 aliphatic carbocycles. The number of sulfonamides is 1. The van der Waals surface area contributed by atoms with Crippen molar-refractivity contribution in [1.82, 2.24) is 14.6 Å². The standard InChI is InChI=1S/C13H17ClF3N3O5S2/c1-7(20(6-24-2)27(22,23)13(15,16)17)5-25-12-19-9(10(14)26-12)11(21)18-8-3-4-8/h7-8H,3-6H2,1-2H3,(H,18,21)/t7-/m0/s1. The molecule has 0 spiro atoms. The third kappa shape index (κ3) is 5.44. The van der Waals surface area contributed by atoms with E-state index in [2.05, 4.69) is 15.0 Å². The normalized spacial score (nSPS) is 16.4. The second-order valence-electron chi connectivity index (χ2n) is 5.77. The minimum atomic E-state index is -5.61. The molecule has 0 unspecified atom stereocenters. The lowest BCUT2D eigenvalue weighted by atomic mass is 10.4. The van der Waals surface area contributed by atoms with Gasteiger partial charge in [0.25, 0.3) is 11.1 Å². The summed E-state index contributed by atoms with van der Waals surface area (Å²) in [5, 5.41) is 2.64. The van der Waals surface area contributed by atoms with E-state index >= 15 is 0 Å². The number of carbonyl (C=O) groups excluding carboxylic acids is 1. The maximum Gasteiger partial charge on any atom is 0.511 e. The molecular weight excluding hydrogens is 435 g/mol. The highest BCUT2D eigenvalue weighted by Crippen LogP contribution is 2.32. The van der Waals surface area contributed by atoms with Gasteiger partial charge in [0, 0.05) is 13.2 Å². The van der Waals surface area contributed by atoms with Crippen molar-refractivity contribution < 1.29 is 35.9 Å². The van der Waals surface area contributed by atoms with Crippen LogP contribution in [0.3, 0.4) is 0 Å². The summed E-state index contributed by atoms with van der Waals surface area (Å²) < 4.78 is 71.6. The molecule has 8 nitrogen and oxygen atoms in total. The van der Waals surface area contributed by atoms with E-state index in [9.17, 15) is 26.4 Å². The highest BCUT2D eigenvalue weighted by Gasteiger charge is 2.51. The third-order valence-electron chi connectivity index (χ3n) is 3.49. The fraction of sp³-hybridized carbons (Fsp3) is 0.692. The van der Waals surface area contributed by atoms with Crippen LogP contribution in [0.15, 0.2) is 0 Å². The van der Waals surface area contributed by atoms with Crippen molar-refractivity contribution in [1.29, 1.82) is 0 Å². The zero-order chi connectivity index (χ0) is 20.4. The largest absolute Gasteiger partial charge is 0.511 e. The molecule has 27 heavy (non-hydrogen) atoms. The van der Waals surface area contributed by atoms with Crippen LogP contribution in [-0.4, -0.2) is 61.7 Å². The van der Waals surface area contributed by atoms with Crippen LogP contribution >= 0.6 is 22.9 Å². The van der Waals surface area contributed by atoms with Gasteiger partial charge in [0.2, 0.25) is 0 Å². The van der Waals surface area contributed by atoms with Crippen molar-refractivity contribution in [3.05, 3.63) is 10.0 Å². The molecule has 1 aromatic rings. The quantitative estimate of drug-likeness (QED) is 0.578. The maximum atomic E-state index is 12.8. The average Bonchev–Trinajstić information content (AvgIpc) is 3.29. The summed E-state index contributed by atoms with van der Waals surface area (Å²) in [6.07, 6.45) is 1.74. The summed E-state index contributed by atoms with van der Waals surface area (Å²) >= 11 is 6.76. The molecule has 1 heterocycles. The van der Waals surface area contributed by atoms with E-state index in [0.29, 0.717) is 0 Å². The van der Waals surface area contributed by atoms with Gasteiger partial charge in [-0.1, -0.05) is 22.9 Å². The number of nitrogens with zero attached hydrogens (tertiary/aromatic N) is 2. The van der Waals surface area contributed by atoms with Crippen LogP contribution in [0.25, 0.3) is 0 Å². The molecule has 1 fully saturated rings. The molecule has 1 aliphatic rings. The number of amides is 1. The van der Waals surface area contributed by atoms with Gasteiger partial charge < -0.3 is 14.8 Å². The summed E-state index contributed by atoms with van der Waals surface area (Å²) in [6.45, 7) is -0.0372. The summed E-state index contributed by atoms with van der Waals surface area (Å²) in [6, 6.07) is -1.13. The van der Waals surface area contributed by atoms with E-state index in [1.165, 1.54) is 6.92 Å². The van der Waals surface area contributed by atoms with Crippen molar-refractivity contribution in [2.75, 3.05) is 20.4 Å². The van der Waals surface area contributed by atoms with Crippen LogP contribution in [0, 0.1) is 0 Å². The minimum Gasteiger partial charge on any atom is -0.468 e. The lowest BCUT2D eigenvalue weighted by Crippen LogP contribution is -2.48. The number of hydrogen-bond acceptors (Lipinski definition) is 7. The van der Waals surface area contributed by atoms with Crippen molar-refractivity contribution in [2.45, 2.75) is 37.4 Å². The molecule has 14 heteroatoms. The molecule has 0 aliphatic heterocycles. The molecule has 1 aromatic heterocycles. The number of carbonyl (C=O) groups is 1. The van der Waals surface area contributed by atoms with Crippen LogP contribution in [-0.2, 0) is 14.8 Å². The van der Waals surface area contributed by atoms with E-state index in [1.807, 2.05) is 0 Å². The number of hydrogen-bond donors (Lipinski definition) is 1. The number of thiazole rings is 1. The van der Waals surface area contributed by atoms with Crippen molar-refractivity contribution >= 4 is 38.9 Å². The second kappa shape index (κ2) is 8.47. The number of methoxy groups -OCH3 is 1. The Hall–Kier alpha value is -1.15. The monoisotopic (exact) mass is 451 g/mol. The first-order valence-corrected chi connectivity index (χ1v) is 10.3. The van der Waals surface area contributed by atoms with Crippen LogP contribution in [0.4, 0.5) is 13.2 Å². The third-order valence-corrected chi connectivity index (χ3v) is 6.33. The molecule has 1 N–H and O–H groups in total. The molecule has 1 atom stereocenters. The SMILES string of the molecule is COCN([C@@H](C)COc1nc(C(=O)NC2CC2)c(Cl)s1)S(=O)(=O)C(F)(F)F. The lowest BCUT2D eigenvalue weighted by molar-refractivity contribution is -0.0546. The molecule has 154 valence electrons. The maximum absolute atomic E-state index is 12.8. The molecule has 2 rings (SSSR count). The number of rotatable bonds is 9. The van der Waals surface area contributed by atoms with Crippen LogP contribution < -0.4 is 10.1 Å². The number of ether oxygens (including phenoxy) is 2. The highest BCUT2D eigenvalue weighted by atomic mass is 35.5. The molecular formula is C13H17ClF3N3O5S2. The van der Waals surface area contributed by atoms with Crippen LogP contribution in [0.5, 0.6) is 5.19 Å². The zero-order valence-electron chi connectivity index (χ0n) is 14.2. The second-order valence-corrected chi connectivity index (χ2v) is 9.21. The Bertz CT molecular complexity index is 783. The van der Waals surface area contributed by atoms with Crippen LogP contribution in [0.2, 0.25) is 4.34 Å². The van der Waals surface area contributed by atoms with Gasteiger partial charge >= 0.3 is 15.5 Å². The van der Waals surface area contributed by atoms with Gasteiger partial charge in [-0.05, 0) is 19.8 Å². The van der Waals surface area contributed by atoms with Gasteiger partial charge in [-0.3, -0.25) is 4.79 Å². The first-order valence-electron chi connectivity index (χ1n) is 7.64. The van der Waals surface area contributed by atoms with Gasteiger partial charge in [-0.2, -0.15) is 22.5 Å². The van der Waals surface area contributed by atoms with E-state index in [0.717, 1.165) is 31.3 Å². The van der Waals surface area contributed by atoms with Gasteiger partial charge in [0.1, 0.15) is 17.7 Å². The summed E-state index contributed by atoms with van der Waals surface area (Å²) in [5.74, 6) is -0.470. The number of halogens is 4. The Morgan fingerprint density at radius 2 is 2.11 bits per heavy atom. The number of nitrogens with one attached hydrogen (secondary N) is 1. The Kier molecular flexibility index (Phi) is 6.95. The Labute approximate surface area is 162 Å². The van der Waals surface area contributed by atoms with Crippen molar-refractivity contribution in [3.8, 4) is 5.19 Å². The van der Waals surface area contributed by atoms with Gasteiger partial charge in [-0.25, -0.2) is 8.42 Å². The predicted octanol–water partition coefficient (Wildman–Crippen LogP) is 2.21. The number of aromatic nitrogens is 1. The van der Waals surface area contributed by atoms with Gasteiger partial charge in [-0.15, -0.1) is 0 Å². The Balaban J connectivity index is 2.04. The predicted molar refractivity (Wildman–Crippen MR) is 91.3 cm³/mol.